The van der Waals surface area contributed by atoms with Crippen LogP contribution in [0.3, 0.4) is 0 Å². The number of thioether (sulfide) groups is 1. The predicted molar refractivity (Wildman–Crippen MR) is 105 cm³/mol. The van der Waals surface area contributed by atoms with Crippen LogP contribution >= 0.6 is 11.8 Å². The molecule has 1 N–H and O–H groups in total. The maximum Gasteiger partial charge on any atom is 0.316 e. The van der Waals surface area contributed by atoms with Gasteiger partial charge in [0.1, 0.15) is 6.61 Å². The van der Waals surface area contributed by atoms with Gasteiger partial charge in [0.15, 0.2) is 5.16 Å². The van der Waals surface area contributed by atoms with E-state index in [1.807, 2.05) is 53.1 Å². The normalized spacial score (nSPS) is 10.7. The van der Waals surface area contributed by atoms with E-state index in [4.69, 9.17) is 4.74 Å². The average Bonchev–Trinajstić information content (AvgIpc) is 3.12. The van der Waals surface area contributed by atoms with Crippen LogP contribution in [0.5, 0.6) is 0 Å². The highest BCUT2D eigenvalue weighted by Gasteiger charge is 2.13. The fourth-order valence-corrected chi connectivity index (χ4v) is 3.48. The van der Waals surface area contributed by atoms with Gasteiger partial charge in [0, 0.05) is 6.54 Å². The smallest absolute Gasteiger partial charge is 0.316 e. The number of aryl methyl sites for hydroxylation is 1. The van der Waals surface area contributed by atoms with Crippen LogP contribution in [0.4, 0.5) is 0 Å². The van der Waals surface area contributed by atoms with Crippen molar-refractivity contribution < 1.29 is 14.6 Å². The predicted octanol–water partition coefficient (Wildman–Crippen LogP) is 3.45. The highest BCUT2D eigenvalue weighted by molar-refractivity contribution is 7.99. The Kier molecular flexibility index (Phi) is 7.07. The second kappa shape index (κ2) is 9.94. The van der Waals surface area contributed by atoms with Gasteiger partial charge in [-0.3, -0.25) is 4.79 Å². The molecule has 0 aliphatic heterocycles. The molecule has 0 atom stereocenters. The van der Waals surface area contributed by atoms with Gasteiger partial charge in [-0.2, -0.15) is 0 Å². The SMILES string of the molecule is O=C(CSc1ncc(CO)n1CCc1ccccc1)OCc1ccccc1. The quantitative estimate of drug-likeness (QED) is 0.454. The molecule has 0 saturated heterocycles. The molecular weight excluding hydrogens is 360 g/mol. The summed E-state index contributed by atoms with van der Waals surface area (Å²) in [7, 11) is 0. The van der Waals surface area contributed by atoms with E-state index in [2.05, 4.69) is 17.1 Å². The zero-order valence-electron chi connectivity index (χ0n) is 15.0. The minimum atomic E-state index is -0.285. The Labute approximate surface area is 163 Å². The van der Waals surface area contributed by atoms with Gasteiger partial charge in [0.2, 0.25) is 0 Å². The fourth-order valence-electron chi connectivity index (χ4n) is 2.66. The Bertz CT molecular complexity index is 850. The van der Waals surface area contributed by atoms with Crippen LogP contribution in [-0.2, 0) is 35.7 Å². The van der Waals surface area contributed by atoms with Crippen LogP contribution < -0.4 is 0 Å². The number of carbonyl (C=O) groups is 1. The van der Waals surface area contributed by atoms with Gasteiger partial charge in [0.25, 0.3) is 0 Å². The van der Waals surface area contributed by atoms with Crippen LogP contribution in [-0.4, -0.2) is 26.4 Å². The van der Waals surface area contributed by atoms with E-state index >= 15 is 0 Å². The first-order valence-corrected chi connectivity index (χ1v) is 9.76. The van der Waals surface area contributed by atoms with Crippen molar-refractivity contribution in [3.8, 4) is 0 Å². The third-order valence-electron chi connectivity index (χ3n) is 4.09. The third-order valence-corrected chi connectivity index (χ3v) is 5.06. The summed E-state index contributed by atoms with van der Waals surface area (Å²) in [4.78, 5) is 16.4. The molecule has 5 nitrogen and oxygen atoms in total. The van der Waals surface area contributed by atoms with Gasteiger partial charge in [0.05, 0.1) is 24.3 Å². The van der Waals surface area contributed by atoms with Crippen LogP contribution in [0.2, 0.25) is 0 Å². The van der Waals surface area contributed by atoms with Crippen molar-refractivity contribution in [2.24, 2.45) is 0 Å². The molecule has 3 rings (SSSR count). The number of aliphatic hydroxyl groups excluding tert-OH is 1. The maximum atomic E-state index is 12.0. The third kappa shape index (κ3) is 5.70. The number of nitrogens with zero attached hydrogens (tertiary/aromatic N) is 2. The Morgan fingerprint density at radius 3 is 2.37 bits per heavy atom. The lowest BCUT2D eigenvalue weighted by molar-refractivity contribution is -0.141. The number of imidazole rings is 1. The van der Waals surface area contributed by atoms with Crippen molar-refractivity contribution in [1.82, 2.24) is 9.55 Å². The molecule has 3 aromatic rings. The zero-order chi connectivity index (χ0) is 18.9. The number of esters is 1. The molecule has 0 fully saturated rings. The monoisotopic (exact) mass is 382 g/mol. The van der Waals surface area contributed by atoms with E-state index in [0.717, 1.165) is 17.7 Å². The average molecular weight is 382 g/mol. The van der Waals surface area contributed by atoms with Crippen molar-refractivity contribution in [3.63, 3.8) is 0 Å². The summed E-state index contributed by atoms with van der Waals surface area (Å²) in [6.07, 6.45) is 2.48. The minimum Gasteiger partial charge on any atom is -0.460 e. The van der Waals surface area contributed by atoms with Crippen LogP contribution in [0, 0.1) is 0 Å². The van der Waals surface area contributed by atoms with Crippen molar-refractivity contribution in [1.29, 1.82) is 0 Å². The minimum absolute atomic E-state index is 0.0825. The molecule has 2 aromatic carbocycles. The van der Waals surface area contributed by atoms with E-state index in [1.165, 1.54) is 17.3 Å². The largest absolute Gasteiger partial charge is 0.460 e. The topological polar surface area (TPSA) is 64.3 Å². The number of aliphatic hydroxyl groups is 1. The molecule has 0 aliphatic carbocycles. The molecule has 1 aromatic heterocycles. The summed E-state index contributed by atoms with van der Waals surface area (Å²) in [6, 6.07) is 19.7. The van der Waals surface area contributed by atoms with Crippen molar-refractivity contribution >= 4 is 17.7 Å². The summed E-state index contributed by atoms with van der Waals surface area (Å²) in [5.41, 5.74) is 2.92. The number of ether oxygens (including phenoxy) is 1. The van der Waals surface area contributed by atoms with Crippen LogP contribution in [0.25, 0.3) is 0 Å². The zero-order valence-corrected chi connectivity index (χ0v) is 15.8. The van der Waals surface area contributed by atoms with Gasteiger partial charge >= 0.3 is 5.97 Å². The number of rotatable bonds is 9. The molecule has 140 valence electrons. The molecule has 27 heavy (non-hydrogen) atoms. The number of benzene rings is 2. The second-order valence-corrected chi connectivity index (χ2v) is 6.95. The van der Waals surface area contributed by atoms with E-state index in [-0.39, 0.29) is 24.9 Å². The van der Waals surface area contributed by atoms with E-state index in [1.54, 1.807) is 6.20 Å². The molecule has 0 amide bonds. The highest BCUT2D eigenvalue weighted by Crippen LogP contribution is 2.20. The standard InChI is InChI=1S/C21H22N2O3S/c24-14-19-13-22-21(23(19)12-11-17-7-3-1-4-8-17)27-16-20(25)26-15-18-9-5-2-6-10-18/h1-10,13,24H,11-12,14-16H2. The maximum absolute atomic E-state index is 12.0. The summed E-state index contributed by atoms with van der Waals surface area (Å²) >= 11 is 1.33. The summed E-state index contributed by atoms with van der Waals surface area (Å²) < 4.78 is 7.27. The molecule has 0 bridgehead atoms. The molecule has 1 heterocycles. The lowest BCUT2D eigenvalue weighted by atomic mass is 10.1. The first-order chi connectivity index (χ1) is 13.3. The van der Waals surface area contributed by atoms with Crippen molar-refractivity contribution in [3.05, 3.63) is 83.7 Å². The van der Waals surface area contributed by atoms with E-state index in [0.29, 0.717) is 11.7 Å². The highest BCUT2D eigenvalue weighted by atomic mass is 32.2. The Morgan fingerprint density at radius 1 is 1.04 bits per heavy atom. The van der Waals surface area contributed by atoms with Crippen LogP contribution in [0.1, 0.15) is 16.8 Å². The summed E-state index contributed by atoms with van der Waals surface area (Å²) in [5, 5.41) is 10.3. The molecule has 6 heteroatoms. The summed E-state index contributed by atoms with van der Waals surface area (Å²) in [5.74, 6) is -0.105. The van der Waals surface area contributed by atoms with Gasteiger partial charge in [-0.05, 0) is 17.5 Å². The van der Waals surface area contributed by atoms with Gasteiger partial charge in [-0.25, -0.2) is 4.98 Å². The lowest BCUT2D eigenvalue weighted by Gasteiger charge is -2.11. The molecule has 0 spiro atoms. The van der Waals surface area contributed by atoms with Gasteiger partial charge in [-0.15, -0.1) is 0 Å². The summed E-state index contributed by atoms with van der Waals surface area (Å²) in [6.45, 7) is 0.882. The number of hydrogen-bond acceptors (Lipinski definition) is 5. The second-order valence-electron chi connectivity index (χ2n) is 6.01. The van der Waals surface area contributed by atoms with E-state index in [9.17, 15) is 9.90 Å². The number of carbonyl (C=O) groups excluding carboxylic acids is 1. The first-order valence-electron chi connectivity index (χ1n) is 8.78. The van der Waals surface area contributed by atoms with Crippen molar-refractivity contribution in [2.75, 3.05) is 5.75 Å². The molecule has 0 unspecified atom stereocenters. The van der Waals surface area contributed by atoms with E-state index < -0.39 is 0 Å². The molecular formula is C21H22N2O3S. The molecule has 0 saturated carbocycles. The molecule has 0 aliphatic rings. The first kappa shape index (κ1) is 19.2. The fraction of sp³-hybridized carbons (Fsp3) is 0.238. The Morgan fingerprint density at radius 2 is 1.70 bits per heavy atom. The molecule has 0 radical (unpaired) electrons. The number of hydrogen-bond donors (Lipinski definition) is 1. The Balaban J connectivity index is 1.54. The van der Waals surface area contributed by atoms with Gasteiger partial charge < -0.3 is 14.4 Å². The lowest BCUT2D eigenvalue weighted by Crippen LogP contribution is -2.10. The Hall–Kier alpha value is -2.57. The van der Waals surface area contributed by atoms with Gasteiger partial charge in [-0.1, -0.05) is 72.4 Å². The number of aromatic nitrogens is 2. The van der Waals surface area contributed by atoms with Crippen LogP contribution in [0.15, 0.2) is 72.0 Å². The van der Waals surface area contributed by atoms with Crippen molar-refractivity contribution in [2.45, 2.75) is 31.3 Å².